The Bertz CT molecular complexity index is 343. The van der Waals surface area contributed by atoms with E-state index in [1.165, 1.54) is 70.6 Å². The molecule has 0 bridgehead atoms. The molecule has 0 N–H and O–H groups in total. The van der Waals surface area contributed by atoms with Gasteiger partial charge >= 0.3 is 0 Å². The third-order valence-corrected chi connectivity index (χ3v) is 9.62. The smallest absolute Gasteiger partial charge is 0.00897 e. The van der Waals surface area contributed by atoms with Crippen LogP contribution in [0, 0.1) is 0 Å². The number of rotatable bonds is 3. The summed E-state index contributed by atoms with van der Waals surface area (Å²) in [5.74, 6) is 0. The standard InChI is InChI=1S/C21H35P/c1-3-7-13-19(14-8-4-1)22(21-17-11-12-18-21)20-15-9-5-2-6-10-16-20/h11-12,17,19-20H,1-10,13-16,18H2. The Hall–Kier alpha value is -0.0900. The van der Waals surface area contributed by atoms with Crippen LogP contribution < -0.4 is 0 Å². The van der Waals surface area contributed by atoms with E-state index in [2.05, 4.69) is 18.2 Å². The molecule has 3 aliphatic rings. The van der Waals surface area contributed by atoms with Crippen LogP contribution in [0.4, 0.5) is 0 Å². The van der Waals surface area contributed by atoms with Crippen LogP contribution in [0.5, 0.6) is 0 Å². The fraction of sp³-hybridized carbons (Fsp3) is 0.810. The van der Waals surface area contributed by atoms with Gasteiger partial charge in [-0.2, -0.15) is 0 Å². The maximum absolute atomic E-state index is 2.52. The molecule has 0 aromatic carbocycles. The van der Waals surface area contributed by atoms with Gasteiger partial charge in [-0.05, 0) is 48.7 Å². The van der Waals surface area contributed by atoms with Crippen molar-refractivity contribution in [3.05, 3.63) is 23.5 Å². The molecule has 3 rings (SSSR count). The van der Waals surface area contributed by atoms with Crippen LogP contribution in [-0.4, -0.2) is 11.3 Å². The Morgan fingerprint density at radius 2 is 1.09 bits per heavy atom. The maximum atomic E-state index is 2.52. The third kappa shape index (κ3) is 4.70. The highest BCUT2D eigenvalue weighted by atomic mass is 31.1. The van der Waals surface area contributed by atoms with Crippen molar-refractivity contribution in [3.63, 3.8) is 0 Å². The second-order valence-electron chi connectivity index (χ2n) is 7.70. The van der Waals surface area contributed by atoms with Crippen LogP contribution in [0.1, 0.15) is 96.3 Å². The summed E-state index contributed by atoms with van der Waals surface area (Å²) in [7, 11) is 0.143. The van der Waals surface area contributed by atoms with Crippen molar-refractivity contribution in [2.75, 3.05) is 0 Å². The Morgan fingerprint density at radius 3 is 1.50 bits per heavy atom. The zero-order valence-corrected chi connectivity index (χ0v) is 15.3. The van der Waals surface area contributed by atoms with Gasteiger partial charge in [0.1, 0.15) is 0 Å². The molecule has 2 fully saturated rings. The summed E-state index contributed by atoms with van der Waals surface area (Å²) in [5, 5.41) is 1.87. The fourth-order valence-electron chi connectivity index (χ4n) is 4.82. The molecule has 0 heterocycles. The van der Waals surface area contributed by atoms with E-state index in [9.17, 15) is 0 Å². The summed E-state index contributed by atoms with van der Waals surface area (Å²) >= 11 is 0. The summed E-state index contributed by atoms with van der Waals surface area (Å²) in [6.45, 7) is 0. The highest BCUT2D eigenvalue weighted by Crippen LogP contribution is 2.61. The first-order chi connectivity index (χ1) is 10.9. The molecule has 0 radical (unpaired) electrons. The SMILES string of the molecule is C1=CCC(P(C2CCCCCCC2)C2CCCCCCC2)=C1. The molecule has 0 aromatic heterocycles. The van der Waals surface area contributed by atoms with E-state index >= 15 is 0 Å². The predicted octanol–water partition coefficient (Wildman–Crippen LogP) is 7.54. The lowest BCUT2D eigenvalue weighted by Crippen LogP contribution is -2.19. The van der Waals surface area contributed by atoms with Gasteiger partial charge in [-0.1, -0.05) is 90.4 Å². The summed E-state index contributed by atoms with van der Waals surface area (Å²) in [6.07, 6.45) is 29.8. The van der Waals surface area contributed by atoms with Gasteiger partial charge in [-0.15, -0.1) is 0 Å². The molecular weight excluding hydrogens is 283 g/mol. The number of hydrogen-bond donors (Lipinski definition) is 0. The van der Waals surface area contributed by atoms with Gasteiger partial charge in [0, 0.05) is 0 Å². The van der Waals surface area contributed by atoms with E-state index in [0.29, 0.717) is 0 Å². The lowest BCUT2D eigenvalue weighted by molar-refractivity contribution is 0.490. The Labute approximate surface area is 139 Å². The molecule has 22 heavy (non-hydrogen) atoms. The second-order valence-corrected chi connectivity index (χ2v) is 10.5. The van der Waals surface area contributed by atoms with Gasteiger partial charge in [0.05, 0.1) is 0 Å². The average molecular weight is 318 g/mol. The molecular formula is C21H35P. The maximum Gasteiger partial charge on any atom is -0.00897 e. The van der Waals surface area contributed by atoms with Crippen molar-refractivity contribution < 1.29 is 0 Å². The predicted molar refractivity (Wildman–Crippen MR) is 101 cm³/mol. The molecule has 0 spiro atoms. The van der Waals surface area contributed by atoms with Crippen LogP contribution in [0.2, 0.25) is 0 Å². The molecule has 2 saturated carbocycles. The minimum atomic E-state index is 0.143. The highest BCUT2D eigenvalue weighted by Gasteiger charge is 2.31. The molecule has 3 aliphatic carbocycles. The number of hydrogen-bond acceptors (Lipinski definition) is 0. The van der Waals surface area contributed by atoms with Crippen LogP contribution in [0.15, 0.2) is 23.5 Å². The molecule has 1 heteroatoms. The van der Waals surface area contributed by atoms with Crippen molar-refractivity contribution in [2.24, 2.45) is 0 Å². The van der Waals surface area contributed by atoms with E-state index in [0.717, 1.165) is 11.3 Å². The fourth-order valence-corrected chi connectivity index (χ4v) is 8.77. The van der Waals surface area contributed by atoms with Crippen molar-refractivity contribution in [1.82, 2.24) is 0 Å². The third-order valence-electron chi connectivity index (χ3n) is 6.02. The van der Waals surface area contributed by atoms with Gasteiger partial charge in [-0.3, -0.25) is 0 Å². The highest BCUT2D eigenvalue weighted by molar-refractivity contribution is 7.63. The minimum Gasteiger partial charge on any atom is -0.0801 e. The van der Waals surface area contributed by atoms with Crippen LogP contribution in [0.3, 0.4) is 0 Å². The van der Waals surface area contributed by atoms with Crippen molar-refractivity contribution in [2.45, 2.75) is 108 Å². The molecule has 124 valence electrons. The van der Waals surface area contributed by atoms with Crippen molar-refractivity contribution >= 4 is 7.92 Å². The van der Waals surface area contributed by atoms with E-state index in [-0.39, 0.29) is 7.92 Å². The van der Waals surface area contributed by atoms with Crippen molar-refractivity contribution in [3.8, 4) is 0 Å². The normalized spacial score (nSPS) is 26.3. The van der Waals surface area contributed by atoms with Crippen LogP contribution in [0.25, 0.3) is 0 Å². The largest absolute Gasteiger partial charge is 0.0801 e. The first kappa shape index (κ1) is 16.8. The van der Waals surface area contributed by atoms with Gasteiger partial charge in [0.15, 0.2) is 0 Å². The van der Waals surface area contributed by atoms with Crippen LogP contribution in [-0.2, 0) is 0 Å². The molecule has 0 aromatic rings. The summed E-state index contributed by atoms with van der Waals surface area (Å²) in [4.78, 5) is 0. The Balaban J connectivity index is 1.72. The first-order valence-corrected chi connectivity index (χ1v) is 11.6. The van der Waals surface area contributed by atoms with E-state index < -0.39 is 0 Å². The average Bonchev–Trinajstić information content (AvgIpc) is 2.96. The van der Waals surface area contributed by atoms with Crippen molar-refractivity contribution in [1.29, 1.82) is 0 Å². The summed E-state index contributed by atoms with van der Waals surface area (Å²) in [6, 6.07) is 0. The van der Waals surface area contributed by atoms with E-state index in [4.69, 9.17) is 0 Å². The lowest BCUT2D eigenvalue weighted by atomic mass is 10.00. The summed E-state index contributed by atoms with van der Waals surface area (Å²) in [5.41, 5.74) is 2.12. The zero-order chi connectivity index (χ0) is 15.0. The molecule has 0 aliphatic heterocycles. The zero-order valence-electron chi connectivity index (χ0n) is 14.4. The first-order valence-electron chi connectivity index (χ1n) is 10.1. The molecule has 0 unspecified atom stereocenters. The molecule has 0 amide bonds. The van der Waals surface area contributed by atoms with E-state index in [1.807, 2.05) is 5.31 Å². The lowest BCUT2D eigenvalue weighted by Gasteiger charge is -2.37. The monoisotopic (exact) mass is 318 g/mol. The quantitative estimate of drug-likeness (QED) is 0.471. The van der Waals surface area contributed by atoms with Gasteiger partial charge in [0.2, 0.25) is 0 Å². The van der Waals surface area contributed by atoms with Crippen LogP contribution >= 0.6 is 7.92 Å². The topological polar surface area (TPSA) is 0 Å². The minimum absolute atomic E-state index is 0.143. The molecule has 0 atom stereocenters. The van der Waals surface area contributed by atoms with Gasteiger partial charge in [0.25, 0.3) is 0 Å². The van der Waals surface area contributed by atoms with Gasteiger partial charge in [-0.25, -0.2) is 0 Å². The summed E-state index contributed by atoms with van der Waals surface area (Å²) < 4.78 is 0. The molecule has 0 saturated heterocycles. The second kappa shape index (κ2) is 9.27. The Kier molecular flexibility index (Phi) is 7.06. The Morgan fingerprint density at radius 1 is 0.636 bits per heavy atom. The van der Waals surface area contributed by atoms with Gasteiger partial charge < -0.3 is 0 Å². The van der Waals surface area contributed by atoms with E-state index in [1.54, 1.807) is 25.7 Å². The molecule has 0 nitrogen and oxygen atoms in total. The number of allylic oxidation sites excluding steroid dienone is 4.